The molecule has 2 amide bonds. The van der Waals surface area contributed by atoms with Gasteiger partial charge >= 0.3 is 0 Å². The second kappa shape index (κ2) is 10.9. The number of nitrogens with one attached hydrogen (secondary N) is 1. The zero-order valence-electron chi connectivity index (χ0n) is 13.6. The van der Waals surface area contributed by atoms with Gasteiger partial charge in [-0.2, -0.15) is 0 Å². The van der Waals surface area contributed by atoms with Crippen LogP contribution < -0.4 is 5.32 Å². The molecule has 124 valence electrons. The lowest BCUT2D eigenvalue weighted by molar-refractivity contribution is -0.133. The molecule has 1 N–H and O–H groups in total. The minimum Gasteiger partial charge on any atom is -0.343 e. The third-order valence-electron chi connectivity index (χ3n) is 4.08. The van der Waals surface area contributed by atoms with Gasteiger partial charge in [0.15, 0.2) is 0 Å². The molecule has 1 heterocycles. The Morgan fingerprint density at radius 2 is 1.90 bits per heavy atom. The van der Waals surface area contributed by atoms with Crippen LogP contribution in [0.1, 0.15) is 46.0 Å². The van der Waals surface area contributed by atoms with Crippen LogP contribution in [-0.2, 0) is 9.59 Å². The Balaban J connectivity index is 0.00000400. The fourth-order valence-electron chi connectivity index (χ4n) is 2.72. The first-order valence-electron chi connectivity index (χ1n) is 7.85. The summed E-state index contributed by atoms with van der Waals surface area (Å²) >= 11 is 0. The number of piperidine rings is 1. The summed E-state index contributed by atoms with van der Waals surface area (Å²) < 4.78 is 0. The van der Waals surface area contributed by atoms with Crippen LogP contribution in [0.2, 0.25) is 0 Å². The van der Waals surface area contributed by atoms with Gasteiger partial charge in [-0.3, -0.25) is 9.59 Å². The summed E-state index contributed by atoms with van der Waals surface area (Å²) in [5.74, 6) is 0.354. The van der Waals surface area contributed by atoms with E-state index in [1.807, 2.05) is 30.7 Å². The number of likely N-dealkylation sites (tertiary alicyclic amines) is 1. The molecule has 6 heteroatoms. The molecule has 1 rings (SSSR count). The zero-order valence-corrected chi connectivity index (χ0v) is 14.4. The molecule has 0 radical (unpaired) electrons. The molecule has 0 spiro atoms. The maximum Gasteiger partial charge on any atom is 0.222 e. The number of hydrogen-bond acceptors (Lipinski definition) is 3. The Kier molecular flexibility index (Phi) is 10.4. The summed E-state index contributed by atoms with van der Waals surface area (Å²) in [5, 5.41) is 3.24. The Morgan fingerprint density at radius 1 is 1.24 bits per heavy atom. The van der Waals surface area contributed by atoms with Crippen molar-refractivity contribution in [2.45, 2.75) is 52.0 Å². The number of likely N-dealkylation sites (N-methyl/N-ethyl adjacent to an activating group) is 1. The van der Waals surface area contributed by atoms with E-state index >= 15 is 0 Å². The third kappa shape index (κ3) is 6.66. The maximum absolute atomic E-state index is 12.1. The fourth-order valence-corrected chi connectivity index (χ4v) is 2.72. The first kappa shape index (κ1) is 20.2. The quantitative estimate of drug-likeness (QED) is 0.776. The number of halogens is 1. The molecule has 0 aromatic heterocycles. The molecule has 0 aliphatic carbocycles. The molecule has 1 saturated heterocycles. The number of carbonyl (C=O) groups is 2. The minimum atomic E-state index is 0. The number of rotatable bonds is 7. The van der Waals surface area contributed by atoms with Crippen molar-refractivity contribution in [2.24, 2.45) is 0 Å². The predicted octanol–water partition coefficient (Wildman–Crippen LogP) is 1.66. The summed E-state index contributed by atoms with van der Waals surface area (Å²) in [4.78, 5) is 27.7. The molecule has 1 fully saturated rings. The second-order valence-electron chi connectivity index (χ2n) is 5.39. The number of carbonyl (C=O) groups excluding carboxylic acids is 2. The molecule has 5 nitrogen and oxygen atoms in total. The SMILES string of the molecule is CCN(CC)C(=O)CCCC(=O)N1CCCC(NC)C1.Cl. The van der Waals surface area contributed by atoms with Gasteiger partial charge < -0.3 is 15.1 Å². The average Bonchev–Trinajstić information content (AvgIpc) is 2.48. The molecular weight excluding hydrogens is 290 g/mol. The largest absolute Gasteiger partial charge is 0.343 e. The smallest absolute Gasteiger partial charge is 0.222 e. The third-order valence-corrected chi connectivity index (χ3v) is 4.08. The lowest BCUT2D eigenvalue weighted by Gasteiger charge is -2.32. The molecule has 21 heavy (non-hydrogen) atoms. The van der Waals surface area contributed by atoms with Crippen LogP contribution in [-0.4, -0.2) is 60.9 Å². The lowest BCUT2D eigenvalue weighted by atomic mass is 10.1. The van der Waals surface area contributed by atoms with Crippen LogP contribution in [0.25, 0.3) is 0 Å². The van der Waals surface area contributed by atoms with Gasteiger partial charge in [0.25, 0.3) is 0 Å². The van der Waals surface area contributed by atoms with Crippen molar-refractivity contribution in [1.82, 2.24) is 15.1 Å². The van der Waals surface area contributed by atoms with Gasteiger partial charge in [0.2, 0.25) is 11.8 Å². The standard InChI is InChI=1S/C15H29N3O2.ClH/c1-4-17(5-2)14(19)9-6-10-15(20)18-11-7-8-13(12-18)16-3;/h13,16H,4-12H2,1-3H3;1H. The van der Waals surface area contributed by atoms with E-state index in [9.17, 15) is 9.59 Å². The predicted molar refractivity (Wildman–Crippen MR) is 87.7 cm³/mol. The topological polar surface area (TPSA) is 52.7 Å². The molecular formula is C15H30ClN3O2. The minimum absolute atomic E-state index is 0. The van der Waals surface area contributed by atoms with Crippen LogP contribution in [0.5, 0.6) is 0 Å². The average molecular weight is 320 g/mol. The highest BCUT2D eigenvalue weighted by molar-refractivity contribution is 5.85. The highest BCUT2D eigenvalue weighted by Crippen LogP contribution is 2.12. The van der Waals surface area contributed by atoms with Crippen molar-refractivity contribution < 1.29 is 9.59 Å². The van der Waals surface area contributed by atoms with E-state index < -0.39 is 0 Å². The Labute approximate surface area is 134 Å². The van der Waals surface area contributed by atoms with Crippen LogP contribution in [0, 0.1) is 0 Å². The lowest BCUT2D eigenvalue weighted by Crippen LogP contribution is -2.46. The maximum atomic E-state index is 12.1. The van der Waals surface area contributed by atoms with Gasteiger partial charge in [-0.25, -0.2) is 0 Å². The van der Waals surface area contributed by atoms with Gasteiger partial charge in [-0.15, -0.1) is 12.4 Å². The second-order valence-corrected chi connectivity index (χ2v) is 5.39. The van der Waals surface area contributed by atoms with Crippen molar-refractivity contribution in [2.75, 3.05) is 33.2 Å². The summed E-state index contributed by atoms with van der Waals surface area (Å²) in [6.45, 7) is 7.13. The first-order valence-corrected chi connectivity index (χ1v) is 7.85. The first-order chi connectivity index (χ1) is 9.62. The van der Waals surface area contributed by atoms with Crippen LogP contribution in [0.4, 0.5) is 0 Å². The van der Waals surface area contributed by atoms with Gasteiger partial charge in [-0.1, -0.05) is 0 Å². The van der Waals surface area contributed by atoms with E-state index in [1.54, 1.807) is 0 Å². The van der Waals surface area contributed by atoms with Crippen LogP contribution in [0.3, 0.4) is 0 Å². The normalized spacial score (nSPS) is 18.0. The Bertz CT molecular complexity index is 322. The van der Waals surface area contributed by atoms with E-state index in [0.717, 1.165) is 39.0 Å². The number of hydrogen-bond donors (Lipinski definition) is 1. The summed E-state index contributed by atoms with van der Waals surface area (Å²) in [6.07, 6.45) is 3.84. The van der Waals surface area contributed by atoms with Crippen molar-refractivity contribution in [3.05, 3.63) is 0 Å². The van der Waals surface area contributed by atoms with E-state index in [-0.39, 0.29) is 24.2 Å². The summed E-state index contributed by atoms with van der Waals surface area (Å²) in [6, 6.07) is 0.421. The molecule has 0 aromatic carbocycles. The molecule has 1 aliphatic rings. The van der Waals surface area contributed by atoms with Crippen molar-refractivity contribution in [3.63, 3.8) is 0 Å². The molecule has 1 aliphatic heterocycles. The van der Waals surface area contributed by atoms with Crippen molar-refractivity contribution >= 4 is 24.2 Å². The van der Waals surface area contributed by atoms with Gasteiger partial charge in [-0.05, 0) is 40.2 Å². The Morgan fingerprint density at radius 3 is 2.48 bits per heavy atom. The van der Waals surface area contributed by atoms with E-state index in [2.05, 4.69) is 5.32 Å². The number of nitrogens with zero attached hydrogens (tertiary/aromatic N) is 2. The van der Waals surface area contributed by atoms with E-state index in [4.69, 9.17) is 0 Å². The molecule has 0 bridgehead atoms. The highest BCUT2D eigenvalue weighted by Gasteiger charge is 2.22. The van der Waals surface area contributed by atoms with Gasteiger partial charge in [0.05, 0.1) is 0 Å². The molecule has 1 atom stereocenters. The van der Waals surface area contributed by atoms with Gasteiger partial charge in [0, 0.05) is 45.1 Å². The zero-order chi connectivity index (χ0) is 15.0. The van der Waals surface area contributed by atoms with E-state index in [1.165, 1.54) is 0 Å². The van der Waals surface area contributed by atoms with E-state index in [0.29, 0.717) is 25.3 Å². The van der Waals surface area contributed by atoms with Crippen LogP contribution in [0.15, 0.2) is 0 Å². The molecule has 0 saturated carbocycles. The number of amides is 2. The van der Waals surface area contributed by atoms with Crippen molar-refractivity contribution in [1.29, 1.82) is 0 Å². The Hall–Kier alpha value is -0.810. The molecule has 0 aromatic rings. The monoisotopic (exact) mass is 319 g/mol. The van der Waals surface area contributed by atoms with Crippen molar-refractivity contribution in [3.8, 4) is 0 Å². The summed E-state index contributed by atoms with van der Waals surface area (Å²) in [7, 11) is 1.95. The summed E-state index contributed by atoms with van der Waals surface area (Å²) in [5.41, 5.74) is 0. The molecule has 1 unspecified atom stereocenters. The van der Waals surface area contributed by atoms with Crippen LogP contribution >= 0.6 is 12.4 Å². The van der Waals surface area contributed by atoms with Gasteiger partial charge in [0.1, 0.15) is 0 Å². The highest BCUT2D eigenvalue weighted by atomic mass is 35.5. The fraction of sp³-hybridized carbons (Fsp3) is 0.867.